The number of hydrogen-bond donors (Lipinski definition) is 2. The van der Waals surface area contributed by atoms with Gasteiger partial charge in [0.25, 0.3) is 11.5 Å². The number of carbonyl (C=O) groups excluding carboxylic acids is 1. The highest BCUT2D eigenvalue weighted by atomic mass is 35.5. The second-order valence-corrected chi connectivity index (χ2v) is 4.05. The van der Waals surface area contributed by atoms with E-state index < -0.39 is 23.1 Å². The molecule has 0 atom stereocenters. The van der Waals surface area contributed by atoms with Gasteiger partial charge in [-0.3, -0.25) is 9.59 Å². The van der Waals surface area contributed by atoms with Crippen molar-refractivity contribution in [1.82, 2.24) is 4.98 Å². The van der Waals surface area contributed by atoms with Gasteiger partial charge in [-0.2, -0.15) is 0 Å². The monoisotopic (exact) mass is 284 g/mol. The van der Waals surface area contributed by atoms with E-state index in [0.717, 1.165) is 24.4 Å². The number of nitrogens with one attached hydrogen (secondary N) is 2. The predicted molar refractivity (Wildman–Crippen MR) is 66.4 cm³/mol. The molecule has 0 aliphatic carbocycles. The molecule has 2 N–H and O–H groups in total. The lowest BCUT2D eigenvalue weighted by atomic mass is 10.2. The van der Waals surface area contributed by atoms with Gasteiger partial charge in [0.2, 0.25) is 0 Å². The maximum Gasteiger partial charge on any atom is 0.266 e. The van der Waals surface area contributed by atoms with E-state index in [2.05, 4.69) is 10.3 Å². The van der Waals surface area contributed by atoms with Gasteiger partial charge in [-0.05, 0) is 18.2 Å². The number of aromatic amines is 1. The van der Waals surface area contributed by atoms with Crippen molar-refractivity contribution in [3.63, 3.8) is 0 Å². The van der Waals surface area contributed by atoms with Crippen LogP contribution in [0, 0.1) is 11.6 Å². The molecular formula is C12H7ClF2N2O2. The molecule has 0 aliphatic rings. The topological polar surface area (TPSA) is 62.0 Å². The van der Waals surface area contributed by atoms with Crippen molar-refractivity contribution < 1.29 is 13.6 Å². The van der Waals surface area contributed by atoms with E-state index in [1.807, 2.05) is 0 Å². The zero-order chi connectivity index (χ0) is 14.0. The molecule has 0 radical (unpaired) electrons. The first-order valence-corrected chi connectivity index (χ1v) is 5.50. The molecule has 1 aromatic carbocycles. The summed E-state index contributed by atoms with van der Waals surface area (Å²) >= 11 is 5.57. The summed E-state index contributed by atoms with van der Waals surface area (Å²) in [5, 5.41) is 2.08. The molecular weight excluding hydrogens is 278 g/mol. The van der Waals surface area contributed by atoms with Gasteiger partial charge >= 0.3 is 0 Å². The minimum atomic E-state index is -0.899. The first-order valence-electron chi connectivity index (χ1n) is 5.12. The van der Waals surface area contributed by atoms with Crippen LogP contribution in [0.2, 0.25) is 5.02 Å². The summed E-state index contributed by atoms with van der Waals surface area (Å²) in [6.07, 6.45) is 1.14. The number of aromatic nitrogens is 1. The third-order valence-corrected chi connectivity index (χ3v) is 2.58. The Morgan fingerprint density at radius 2 is 2.00 bits per heavy atom. The number of pyridine rings is 1. The first kappa shape index (κ1) is 13.2. The maximum absolute atomic E-state index is 13.3. The van der Waals surface area contributed by atoms with Crippen LogP contribution in [0.1, 0.15) is 10.4 Å². The van der Waals surface area contributed by atoms with E-state index in [4.69, 9.17) is 11.6 Å². The van der Waals surface area contributed by atoms with Gasteiger partial charge < -0.3 is 10.3 Å². The summed E-state index contributed by atoms with van der Waals surface area (Å²) in [5.41, 5.74) is -0.659. The number of halogens is 3. The van der Waals surface area contributed by atoms with Crippen LogP contribution < -0.4 is 10.9 Å². The molecule has 0 unspecified atom stereocenters. The van der Waals surface area contributed by atoms with E-state index >= 15 is 0 Å². The van der Waals surface area contributed by atoms with Crippen LogP contribution in [0.5, 0.6) is 0 Å². The van der Waals surface area contributed by atoms with Crippen LogP contribution in [0.3, 0.4) is 0 Å². The minimum Gasteiger partial charge on any atom is -0.327 e. The Hall–Kier alpha value is -2.21. The summed E-state index contributed by atoms with van der Waals surface area (Å²) in [6, 6.07) is 3.90. The molecule has 1 amide bonds. The Labute approximate surface area is 111 Å². The van der Waals surface area contributed by atoms with E-state index in [0.29, 0.717) is 6.07 Å². The highest BCUT2D eigenvalue weighted by molar-refractivity contribution is 6.30. The van der Waals surface area contributed by atoms with Crippen molar-refractivity contribution in [3.8, 4) is 0 Å². The highest BCUT2D eigenvalue weighted by Gasteiger charge is 2.11. The Balaban J connectivity index is 2.25. The predicted octanol–water partition coefficient (Wildman–Crippen LogP) is 2.56. The quantitative estimate of drug-likeness (QED) is 0.890. The fourth-order valence-electron chi connectivity index (χ4n) is 1.37. The summed E-state index contributed by atoms with van der Waals surface area (Å²) in [6.45, 7) is 0. The highest BCUT2D eigenvalue weighted by Crippen LogP contribution is 2.16. The molecule has 1 heterocycles. The van der Waals surface area contributed by atoms with Crippen molar-refractivity contribution in [2.24, 2.45) is 0 Å². The Bertz CT molecular complexity index is 700. The van der Waals surface area contributed by atoms with Gasteiger partial charge in [-0.25, -0.2) is 8.78 Å². The molecule has 2 aromatic rings. The van der Waals surface area contributed by atoms with Crippen LogP contribution in [-0.2, 0) is 0 Å². The normalized spacial score (nSPS) is 10.3. The summed E-state index contributed by atoms with van der Waals surface area (Å²) in [7, 11) is 0. The molecule has 7 heteroatoms. The van der Waals surface area contributed by atoms with Crippen LogP contribution in [-0.4, -0.2) is 10.9 Å². The van der Waals surface area contributed by atoms with E-state index in [1.54, 1.807) is 0 Å². The summed E-state index contributed by atoms with van der Waals surface area (Å²) in [5.74, 6) is -2.32. The maximum atomic E-state index is 13.3. The SMILES string of the molecule is O=C(Nc1ccc(F)cc1F)c1c[nH]c(=O)c(Cl)c1. The number of anilines is 1. The van der Waals surface area contributed by atoms with Crippen molar-refractivity contribution >= 4 is 23.2 Å². The van der Waals surface area contributed by atoms with Crippen molar-refractivity contribution in [2.45, 2.75) is 0 Å². The number of benzene rings is 1. The average Bonchev–Trinajstić information content (AvgIpc) is 2.36. The van der Waals surface area contributed by atoms with Gasteiger partial charge in [0.15, 0.2) is 0 Å². The zero-order valence-electron chi connectivity index (χ0n) is 9.34. The minimum absolute atomic E-state index is 0.0494. The van der Waals surface area contributed by atoms with E-state index in [1.165, 1.54) is 0 Å². The molecule has 0 fully saturated rings. The van der Waals surface area contributed by atoms with Gasteiger partial charge in [-0.15, -0.1) is 0 Å². The fourth-order valence-corrected chi connectivity index (χ4v) is 1.54. The number of amides is 1. The number of H-pyrrole nitrogens is 1. The summed E-state index contributed by atoms with van der Waals surface area (Å²) in [4.78, 5) is 25.0. The smallest absolute Gasteiger partial charge is 0.266 e. The molecule has 0 saturated heterocycles. The van der Waals surface area contributed by atoms with Crippen LogP contribution >= 0.6 is 11.6 Å². The molecule has 19 heavy (non-hydrogen) atoms. The molecule has 98 valence electrons. The fraction of sp³-hybridized carbons (Fsp3) is 0. The van der Waals surface area contributed by atoms with Crippen LogP contribution in [0.25, 0.3) is 0 Å². The lowest BCUT2D eigenvalue weighted by molar-refractivity contribution is 0.102. The number of rotatable bonds is 2. The summed E-state index contributed by atoms with van der Waals surface area (Å²) < 4.78 is 26.0. The number of carbonyl (C=O) groups is 1. The van der Waals surface area contributed by atoms with Gasteiger partial charge in [-0.1, -0.05) is 11.6 Å². The zero-order valence-corrected chi connectivity index (χ0v) is 10.1. The third-order valence-electron chi connectivity index (χ3n) is 2.30. The van der Waals surface area contributed by atoms with Crippen molar-refractivity contribution in [1.29, 1.82) is 0 Å². The number of hydrogen-bond acceptors (Lipinski definition) is 2. The lowest BCUT2D eigenvalue weighted by Gasteiger charge is -2.06. The molecule has 0 saturated carbocycles. The molecule has 0 spiro atoms. The molecule has 4 nitrogen and oxygen atoms in total. The standard InChI is InChI=1S/C12H7ClF2N2O2/c13-8-3-6(5-16-12(8)19)11(18)17-10-2-1-7(14)4-9(10)15/h1-5H,(H,16,19)(H,17,18). The van der Waals surface area contributed by atoms with E-state index in [-0.39, 0.29) is 16.3 Å². The van der Waals surface area contributed by atoms with E-state index in [9.17, 15) is 18.4 Å². The molecule has 1 aromatic heterocycles. The first-order chi connectivity index (χ1) is 8.97. The second kappa shape index (κ2) is 5.19. The third kappa shape index (κ3) is 2.97. The van der Waals surface area contributed by atoms with Crippen LogP contribution in [0.4, 0.5) is 14.5 Å². The lowest BCUT2D eigenvalue weighted by Crippen LogP contribution is -2.16. The largest absolute Gasteiger partial charge is 0.327 e. The molecule has 2 rings (SSSR count). The average molecular weight is 285 g/mol. The van der Waals surface area contributed by atoms with Crippen molar-refractivity contribution in [3.05, 3.63) is 63.0 Å². The van der Waals surface area contributed by atoms with Crippen molar-refractivity contribution in [2.75, 3.05) is 5.32 Å². The second-order valence-electron chi connectivity index (χ2n) is 3.64. The molecule has 0 aliphatic heterocycles. The Kier molecular flexibility index (Phi) is 3.62. The van der Waals surface area contributed by atoms with Gasteiger partial charge in [0.1, 0.15) is 16.7 Å². The van der Waals surface area contributed by atoms with Gasteiger partial charge in [0.05, 0.1) is 11.3 Å². The molecule has 0 bridgehead atoms. The Morgan fingerprint density at radius 3 is 2.63 bits per heavy atom. The van der Waals surface area contributed by atoms with Gasteiger partial charge in [0, 0.05) is 12.3 Å². The van der Waals surface area contributed by atoms with Crippen LogP contribution in [0.15, 0.2) is 35.3 Å². The Morgan fingerprint density at radius 1 is 1.26 bits per heavy atom.